The van der Waals surface area contributed by atoms with E-state index in [0.717, 1.165) is 12.1 Å². The third-order valence-corrected chi connectivity index (χ3v) is 9.86. The zero-order chi connectivity index (χ0) is 40.2. The molecule has 0 aliphatic heterocycles. The van der Waals surface area contributed by atoms with Crippen LogP contribution in [0.15, 0.2) is 69.7 Å². The number of hydrogen-bond acceptors (Lipinski definition) is 13. The molecule has 3 aromatic carbocycles. The van der Waals surface area contributed by atoms with Gasteiger partial charge >= 0.3 is 59.1 Å². The molecule has 4 rings (SSSR count). The van der Waals surface area contributed by atoms with Gasteiger partial charge in [0.15, 0.2) is 5.82 Å². The summed E-state index contributed by atoms with van der Waals surface area (Å²) in [5.74, 6) is -1.77. The second-order valence-corrected chi connectivity index (χ2v) is 16.5. The van der Waals surface area contributed by atoms with E-state index >= 15 is 0 Å². The van der Waals surface area contributed by atoms with Crippen LogP contribution in [0.2, 0.25) is 10.0 Å². The summed E-state index contributed by atoms with van der Waals surface area (Å²) in [6.45, 7) is 9.34. The predicted octanol–water partition coefficient (Wildman–Crippen LogP) is 0.648. The van der Waals surface area contributed by atoms with E-state index in [9.17, 15) is 40.8 Å². The molecular formula is C34H34Cl2N8Na2O8S2. The SMILES string of the molecule is CCN(CCCS(=O)(=O)[O-])c1ccc(N=Nc2c(C#N)c(C(C)(C)C)nn2-c2c(Cl)cc(NC(=O)c3cccc(S(=O)(=O)[O-])c3)cc2Cl)c(NC(C)=O)c1.[Na+].[Na+]. The molecule has 56 heavy (non-hydrogen) atoms. The Morgan fingerprint density at radius 2 is 1.62 bits per heavy atom. The van der Waals surface area contributed by atoms with Crippen molar-refractivity contribution in [1.82, 2.24) is 9.78 Å². The van der Waals surface area contributed by atoms with Gasteiger partial charge in [0.05, 0.1) is 36.4 Å². The van der Waals surface area contributed by atoms with Gasteiger partial charge in [-0.1, -0.05) is 50.0 Å². The van der Waals surface area contributed by atoms with Gasteiger partial charge in [0.1, 0.15) is 33.1 Å². The van der Waals surface area contributed by atoms with Crippen molar-refractivity contribution in [3.63, 3.8) is 0 Å². The molecule has 0 aliphatic rings. The molecule has 1 aromatic heterocycles. The standard InChI is InChI=1S/C34H36Cl2N8O8S2.2Na/c1-6-43(13-8-14-53(47,48)49)23-11-12-28(29(18-23)38-20(2)45)40-41-32-25(19-37)31(34(3,4)5)42-44(32)30-26(35)16-22(17-27(30)36)39-33(46)21-9-7-10-24(15-21)54(50,51)52;;/h7,9-12,15-18H,6,8,13-14H2,1-5H3,(H,38,45)(H,39,46)(H,47,48,49)(H,50,51,52);;/q;2*+1/p-2. The van der Waals surface area contributed by atoms with E-state index in [1.165, 1.54) is 35.9 Å². The number of rotatable bonds is 13. The Labute approximate surface area is 379 Å². The second kappa shape index (κ2) is 20.2. The van der Waals surface area contributed by atoms with Crippen LogP contribution in [0.25, 0.3) is 5.69 Å². The normalized spacial score (nSPS) is 11.6. The van der Waals surface area contributed by atoms with Crippen LogP contribution >= 0.6 is 23.2 Å². The number of aromatic nitrogens is 2. The third kappa shape index (κ3) is 12.8. The van der Waals surface area contributed by atoms with Crippen LogP contribution in [0.1, 0.15) is 62.7 Å². The van der Waals surface area contributed by atoms with Gasteiger partial charge in [-0.05, 0) is 61.9 Å². The number of benzene rings is 3. The van der Waals surface area contributed by atoms with Gasteiger partial charge in [-0.2, -0.15) is 10.4 Å². The van der Waals surface area contributed by atoms with Crippen molar-refractivity contribution in [2.45, 2.75) is 51.3 Å². The second-order valence-electron chi connectivity index (χ2n) is 12.8. The maximum atomic E-state index is 13.0. The number of nitrogens with one attached hydrogen (secondary N) is 2. The number of carbonyl (C=O) groups excluding carboxylic acids is 2. The fraction of sp³-hybridized carbons (Fsp3) is 0.294. The molecule has 0 saturated heterocycles. The van der Waals surface area contributed by atoms with Crippen LogP contribution in [-0.2, 0) is 30.4 Å². The minimum atomic E-state index is -4.81. The number of hydrogen-bond donors (Lipinski definition) is 2. The molecule has 0 saturated carbocycles. The summed E-state index contributed by atoms with van der Waals surface area (Å²) >= 11 is 13.4. The number of carbonyl (C=O) groups is 2. The van der Waals surface area contributed by atoms with E-state index in [1.54, 1.807) is 18.2 Å². The van der Waals surface area contributed by atoms with E-state index in [1.807, 2.05) is 32.6 Å². The predicted molar refractivity (Wildman–Crippen MR) is 201 cm³/mol. The summed E-state index contributed by atoms with van der Waals surface area (Å²) in [6.07, 6.45) is 0.0922. The molecular weight excluding hydrogens is 829 g/mol. The van der Waals surface area contributed by atoms with Crippen molar-refractivity contribution in [3.8, 4) is 11.8 Å². The average Bonchev–Trinajstić information content (AvgIpc) is 3.43. The van der Waals surface area contributed by atoms with Crippen LogP contribution in [0.5, 0.6) is 0 Å². The van der Waals surface area contributed by atoms with Crippen LogP contribution in [0, 0.1) is 11.3 Å². The molecule has 0 unspecified atom stereocenters. The van der Waals surface area contributed by atoms with Crippen LogP contribution in [-0.4, -0.2) is 66.4 Å². The minimum Gasteiger partial charge on any atom is -0.748 e. The zero-order valence-electron chi connectivity index (χ0n) is 31.5. The van der Waals surface area contributed by atoms with Gasteiger partial charge in [0, 0.05) is 48.1 Å². The Kier molecular flexibility index (Phi) is 17.7. The number of nitrogens with zero attached hydrogens (tertiary/aromatic N) is 6. The molecule has 0 aliphatic carbocycles. The van der Waals surface area contributed by atoms with Gasteiger partial charge in [-0.3, -0.25) is 9.59 Å². The number of halogens is 2. The first-order chi connectivity index (χ1) is 25.1. The number of amides is 2. The first-order valence-corrected chi connectivity index (χ1v) is 19.8. The van der Waals surface area contributed by atoms with E-state index in [0.29, 0.717) is 17.9 Å². The fourth-order valence-electron chi connectivity index (χ4n) is 5.22. The van der Waals surface area contributed by atoms with Crippen molar-refractivity contribution < 1.29 is 94.6 Å². The molecule has 0 spiro atoms. The van der Waals surface area contributed by atoms with E-state index in [-0.39, 0.29) is 122 Å². The van der Waals surface area contributed by atoms with Gasteiger partial charge in [-0.15, -0.1) is 10.2 Å². The van der Waals surface area contributed by atoms with Crippen molar-refractivity contribution >= 4 is 83.8 Å². The molecule has 1 heterocycles. The summed E-state index contributed by atoms with van der Waals surface area (Å²) in [6, 6.07) is 14.2. The average molecular weight is 864 g/mol. The molecule has 4 aromatic rings. The molecule has 2 amide bonds. The van der Waals surface area contributed by atoms with Gasteiger partial charge in [0.25, 0.3) is 5.91 Å². The van der Waals surface area contributed by atoms with Crippen molar-refractivity contribution in [1.29, 1.82) is 5.26 Å². The molecule has 16 nitrogen and oxygen atoms in total. The summed E-state index contributed by atoms with van der Waals surface area (Å²) in [7, 11) is -9.20. The van der Waals surface area contributed by atoms with Crippen molar-refractivity contribution in [3.05, 3.63) is 81.5 Å². The van der Waals surface area contributed by atoms with Gasteiger partial charge in [-0.25, -0.2) is 21.5 Å². The number of azo groups is 1. The number of nitriles is 1. The Hall–Kier alpha value is -2.90. The molecule has 0 radical (unpaired) electrons. The summed E-state index contributed by atoms with van der Waals surface area (Å²) in [5.41, 5.74) is 0.798. The Morgan fingerprint density at radius 1 is 0.982 bits per heavy atom. The largest absolute Gasteiger partial charge is 1.00 e. The van der Waals surface area contributed by atoms with E-state index in [2.05, 4.69) is 32.0 Å². The number of anilines is 3. The minimum absolute atomic E-state index is 0. The van der Waals surface area contributed by atoms with Gasteiger partial charge in [0.2, 0.25) is 5.91 Å². The monoisotopic (exact) mass is 862 g/mol. The molecule has 286 valence electrons. The zero-order valence-corrected chi connectivity index (χ0v) is 38.7. The van der Waals surface area contributed by atoms with E-state index in [4.69, 9.17) is 23.2 Å². The fourth-order valence-corrected chi connectivity index (χ4v) is 6.87. The van der Waals surface area contributed by atoms with Crippen LogP contribution in [0.3, 0.4) is 0 Å². The summed E-state index contributed by atoms with van der Waals surface area (Å²) in [4.78, 5) is 26.4. The van der Waals surface area contributed by atoms with Crippen LogP contribution < -0.4 is 74.6 Å². The molecule has 22 heteroatoms. The van der Waals surface area contributed by atoms with Crippen molar-refractivity contribution in [2.24, 2.45) is 10.2 Å². The smallest absolute Gasteiger partial charge is 0.748 e. The first kappa shape index (κ1) is 49.2. The molecule has 0 fully saturated rings. The molecule has 0 bridgehead atoms. The molecule has 0 atom stereocenters. The van der Waals surface area contributed by atoms with Crippen LogP contribution in [0.4, 0.5) is 28.6 Å². The Balaban J connectivity index is 0.00000541. The van der Waals surface area contributed by atoms with Crippen molar-refractivity contribution in [2.75, 3.05) is 34.4 Å². The summed E-state index contributed by atoms with van der Waals surface area (Å²) in [5, 5.41) is 28.9. The topological polar surface area (TPSA) is 242 Å². The first-order valence-electron chi connectivity index (χ1n) is 16.0. The van der Waals surface area contributed by atoms with Gasteiger partial charge < -0.3 is 24.6 Å². The maximum absolute atomic E-state index is 13.0. The summed E-state index contributed by atoms with van der Waals surface area (Å²) < 4.78 is 68.9. The Morgan fingerprint density at radius 3 is 2.16 bits per heavy atom. The quantitative estimate of drug-likeness (QED) is 0.107. The molecule has 2 N–H and O–H groups in total. The maximum Gasteiger partial charge on any atom is 1.00 e. The Bertz CT molecular complexity index is 2390. The third-order valence-electron chi connectivity index (χ3n) is 7.67. The van der Waals surface area contributed by atoms with E-state index < -0.39 is 48.1 Å².